The summed E-state index contributed by atoms with van der Waals surface area (Å²) >= 11 is 6.00. The van der Waals surface area contributed by atoms with Gasteiger partial charge in [0.15, 0.2) is 0 Å². The van der Waals surface area contributed by atoms with Gasteiger partial charge < -0.3 is 10.1 Å². The summed E-state index contributed by atoms with van der Waals surface area (Å²) in [6.45, 7) is 2.09. The molecule has 152 valence electrons. The predicted molar refractivity (Wildman–Crippen MR) is 118 cm³/mol. The van der Waals surface area contributed by atoms with E-state index in [-0.39, 0.29) is 12.5 Å². The van der Waals surface area contributed by atoms with Gasteiger partial charge in [-0.2, -0.15) is 5.10 Å². The number of nitrogens with zero attached hydrogens (tertiary/aromatic N) is 1. The normalized spacial score (nSPS) is 10.6. The van der Waals surface area contributed by atoms with Crippen molar-refractivity contribution in [2.24, 2.45) is 5.10 Å². The minimum Gasteiger partial charge on any atom is -0.423 e. The number of halogens is 1. The molecule has 0 aromatic heterocycles. The van der Waals surface area contributed by atoms with Gasteiger partial charge in [-0.05, 0) is 66.6 Å². The van der Waals surface area contributed by atoms with Crippen molar-refractivity contribution >= 4 is 35.4 Å². The summed E-state index contributed by atoms with van der Waals surface area (Å²) in [4.78, 5) is 24.0. The van der Waals surface area contributed by atoms with Crippen molar-refractivity contribution in [2.45, 2.75) is 6.92 Å². The molecule has 0 saturated carbocycles. The first-order valence-electron chi connectivity index (χ1n) is 9.20. The lowest BCUT2D eigenvalue weighted by atomic mass is 10.2. The Kier molecular flexibility index (Phi) is 7.19. The van der Waals surface area contributed by atoms with Crippen molar-refractivity contribution < 1.29 is 14.3 Å². The molecule has 0 aliphatic heterocycles. The van der Waals surface area contributed by atoms with Gasteiger partial charge in [-0.1, -0.05) is 35.9 Å². The van der Waals surface area contributed by atoms with Gasteiger partial charge in [-0.3, -0.25) is 4.79 Å². The molecule has 0 bridgehead atoms. The molecule has 0 spiro atoms. The van der Waals surface area contributed by atoms with Crippen LogP contribution in [0.15, 0.2) is 77.9 Å². The molecule has 0 fully saturated rings. The van der Waals surface area contributed by atoms with Crippen LogP contribution in [0.4, 0.5) is 5.69 Å². The summed E-state index contributed by atoms with van der Waals surface area (Å²) < 4.78 is 5.32. The van der Waals surface area contributed by atoms with Crippen molar-refractivity contribution in [3.63, 3.8) is 0 Å². The van der Waals surface area contributed by atoms with Crippen LogP contribution in [-0.4, -0.2) is 24.6 Å². The van der Waals surface area contributed by atoms with Gasteiger partial charge in [0.25, 0.3) is 5.91 Å². The van der Waals surface area contributed by atoms with Crippen LogP contribution in [0.25, 0.3) is 0 Å². The molecule has 0 radical (unpaired) electrons. The number of nitrogens with one attached hydrogen (secondary N) is 2. The maximum Gasteiger partial charge on any atom is 0.345 e. The minimum absolute atomic E-state index is 0.109. The van der Waals surface area contributed by atoms with Crippen LogP contribution in [0.2, 0.25) is 5.02 Å². The third kappa shape index (κ3) is 6.18. The quantitative estimate of drug-likeness (QED) is 0.256. The number of anilines is 1. The number of rotatable bonds is 7. The number of ether oxygens (including phenoxy) is 1. The minimum atomic E-state index is -0.532. The molecule has 1 amide bonds. The standard InChI is InChI=1S/C23H20ClN3O3/c1-16-5-4-6-18(13-16)25-15-22(28)27-26-14-17-9-11-19(12-10-17)30-23(29)20-7-2-3-8-21(20)24/h2-14,25H,15H2,1H3,(H,27,28)/b26-14+. The molecule has 0 aliphatic rings. The van der Waals surface area contributed by atoms with Crippen molar-refractivity contribution in [1.82, 2.24) is 5.43 Å². The third-order valence-electron chi connectivity index (χ3n) is 4.06. The van der Waals surface area contributed by atoms with E-state index < -0.39 is 5.97 Å². The van der Waals surface area contributed by atoms with E-state index in [2.05, 4.69) is 15.8 Å². The molecule has 2 N–H and O–H groups in total. The molecule has 0 heterocycles. The predicted octanol–water partition coefficient (Wildman–Crippen LogP) is 4.43. The summed E-state index contributed by atoms with van der Waals surface area (Å²) in [5.41, 5.74) is 5.47. The number of carbonyl (C=O) groups excluding carboxylic acids is 2. The van der Waals surface area contributed by atoms with Crippen LogP contribution in [-0.2, 0) is 4.79 Å². The molecule has 0 saturated heterocycles. The van der Waals surface area contributed by atoms with Crippen LogP contribution >= 0.6 is 11.6 Å². The molecular weight excluding hydrogens is 402 g/mol. The Morgan fingerprint density at radius 2 is 1.80 bits per heavy atom. The van der Waals surface area contributed by atoms with Crippen LogP contribution in [0.5, 0.6) is 5.75 Å². The molecule has 3 rings (SSSR count). The summed E-state index contributed by atoms with van der Waals surface area (Å²) in [5.74, 6) is -0.420. The zero-order valence-electron chi connectivity index (χ0n) is 16.3. The fourth-order valence-electron chi connectivity index (χ4n) is 2.57. The monoisotopic (exact) mass is 421 g/mol. The van der Waals surface area contributed by atoms with E-state index in [1.165, 1.54) is 6.21 Å². The van der Waals surface area contributed by atoms with E-state index in [0.29, 0.717) is 16.3 Å². The van der Waals surface area contributed by atoms with Gasteiger partial charge in [0.2, 0.25) is 0 Å². The summed E-state index contributed by atoms with van der Waals surface area (Å²) in [6.07, 6.45) is 1.50. The second kappa shape index (κ2) is 10.2. The second-order valence-corrected chi connectivity index (χ2v) is 6.86. The molecule has 3 aromatic rings. The van der Waals surface area contributed by atoms with Gasteiger partial charge in [-0.25, -0.2) is 10.2 Å². The van der Waals surface area contributed by atoms with E-state index in [4.69, 9.17) is 16.3 Å². The Hall–Kier alpha value is -3.64. The first-order valence-corrected chi connectivity index (χ1v) is 9.58. The van der Waals surface area contributed by atoms with Gasteiger partial charge in [0.05, 0.1) is 23.3 Å². The Morgan fingerprint density at radius 3 is 2.53 bits per heavy atom. The summed E-state index contributed by atoms with van der Waals surface area (Å²) in [7, 11) is 0. The largest absolute Gasteiger partial charge is 0.423 e. The molecular formula is C23H20ClN3O3. The molecule has 6 nitrogen and oxygen atoms in total. The number of hydrazone groups is 1. The van der Waals surface area contributed by atoms with Crippen molar-refractivity contribution in [3.05, 3.63) is 94.5 Å². The maximum absolute atomic E-state index is 12.2. The Morgan fingerprint density at radius 1 is 1.03 bits per heavy atom. The van der Waals surface area contributed by atoms with E-state index >= 15 is 0 Å². The number of benzene rings is 3. The maximum atomic E-state index is 12.2. The average Bonchev–Trinajstić information content (AvgIpc) is 2.74. The van der Waals surface area contributed by atoms with Crippen LogP contribution in [0.1, 0.15) is 21.5 Å². The van der Waals surface area contributed by atoms with Crippen molar-refractivity contribution in [2.75, 3.05) is 11.9 Å². The fraction of sp³-hybridized carbons (Fsp3) is 0.0870. The van der Waals surface area contributed by atoms with E-state index in [9.17, 15) is 9.59 Å². The van der Waals surface area contributed by atoms with E-state index in [0.717, 1.165) is 16.8 Å². The highest BCUT2D eigenvalue weighted by Gasteiger charge is 2.11. The lowest BCUT2D eigenvalue weighted by Gasteiger charge is -2.06. The number of hydrogen-bond acceptors (Lipinski definition) is 5. The Balaban J connectivity index is 1.48. The van der Waals surface area contributed by atoms with Crippen LogP contribution in [0.3, 0.4) is 0 Å². The highest BCUT2D eigenvalue weighted by molar-refractivity contribution is 6.33. The summed E-state index contributed by atoms with van der Waals surface area (Å²) in [5, 5.41) is 7.30. The molecule has 0 unspecified atom stereocenters. The Labute approximate surface area is 179 Å². The van der Waals surface area contributed by atoms with Gasteiger partial charge >= 0.3 is 5.97 Å². The number of hydrogen-bond donors (Lipinski definition) is 2. The van der Waals surface area contributed by atoms with E-state index in [1.807, 2.05) is 31.2 Å². The van der Waals surface area contributed by atoms with Gasteiger partial charge in [0.1, 0.15) is 5.75 Å². The zero-order valence-corrected chi connectivity index (χ0v) is 17.0. The highest BCUT2D eigenvalue weighted by atomic mass is 35.5. The van der Waals surface area contributed by atoms with Crippen LogP contribution < -0.4 is 15.5 Å². The molecule has 30 heavy (non-hydrogen) atoms. The van der Waals surface area contributed by atoms with Gasteiger partial charge in [0, 0.05) is 5.69 Å². The van der Waals surface area contributed by atoms with Gasteiger partial charge in [-0.15, -0.1) is 0 Å². The summed E-state index contributed by atoms with van der Waals surface area (Å²) in [6, 6.07) is 21.1. The van der Waals surface area contributed by atoms with Crippen LogP contribution in [0, 0.1) is 6.92 Å². The first-order chi connectivity index (χ1) is 14.5. The second-order valence-electron chi connectivity index (χ2n) is 6.45. The Bertz CT molecular complexity index is 1070. The van der Waals surface area contributed by atoms with Crippen molar-refractivity contribution in [1.29, 1.82) is 0 Å². The number of esters is 1. The highest BCUT2D eigenvalue weighted by Crippen LogP contribution is 2.19. The first kappa shape index (κ1) is 21.1. The molecule has 7 heteroatoms. The number of carbonyl (C=O) groups is 2. The fourth-order valence-corrected chi connectivity index (χ4v) is 2.78. The topological polar surface area (TPSA) is 79.8 Å². The van der Waals surface area contributed by atoms with E-state index in [1.54, 1.807) is 48.5 Å². The third-order valence-corrected chi connectivity index (χ3v) is 4.39. The van der Waals surface area contributed by atoms with Crippen molar-refractivity contribution in [3.8, 4) is 5.75 Å². The average molecular weight is 422 g/mol. The molecule has 0 atom stereocenters. The lowest BCUT2D eigenvalue weighted by molar-refractivity contribution is -0.119. The number of amides is 1. The number of aryl methyl sites for hydroxylation is 1. The molecule has 0 aliphatic carbocycles. The molecule has 3 aromatic carbocycles. The lowest BCUT2D eigenvalue weighted by Crippen LogP contribution is -2.25. The smallest absolute Gasteiger partial charge is 0.345 e. The SMILES string of the molecule is Cc1cccc(NCC(=O)N/N=C/c2ccc(OC(=O)c3ccccc3Cl)cc2)c1. The zero-order chi connectivity index (χ0) is 21.3.